The van der Waals surface area contributed by atoms with Crippen LogP contribution in [0.15, 0.2) is 34.0 Å². The number of nitriles is 1. The van der Waals surface area contributed by atoms with Crippen molar-refractivity contribution in [3.8, 4) is 6.07 Å². The smallest absolute Gasteiger partial charge is 0.114 e. The first-order valence-electron chi connectivity index (χ1n) is 7.79. The minimum absolute atomic E-state index is 0.317. The van der Waals surface area contributed by atoms with Gasteiger partial charge >= 0.3 is 0 Å². The maximum Gasteiger partial charge on any atom is 0.114 e. The summed E-state index contributed by atoms with van der Waals surface area (Å²) in [5.41, 5.74) is 8.10. The highest BCUT2D eigenvalue weighted by Crippen LogP contribution is 2.27. The molecule has 0 unspecified atom stereocenters. The molecule has 2 aliphatic heterocycles. The predicted octanol–water partition coefficient (Wildman–Crippen LogP) is 1.14. The van der Waals surface area contributed by atoms with E-state index in [4.69, 9.17) is 16.0 Å². The maximum atomic E-state index is 9.14. The quantitative estimate of drug-likeness (QED) is 0.624. The first-order chi connectivity index (χ1) is 11.3. The van der Waals surface area contributed by atoms with Gasteiger partial charge in [-0.05, 0) is 32.0 Å². The predicted molar refractivity (Wildman–Crippen MR) is 91.6 cm³/mol. The van der Waals surface area contributed by atoms with Crippen molar-refractivity contribution in [1.29, 1.82) is 5.26 Å². The van der Waals surface area contributed by atoms with Crippen molar-refractivity contribution in [2.45, 2.75) is 24.8 Å². The Bertz CT molecular complexity index is 684. The largest absolute Gasteiger partial charge is 0.404 e. The number of nitrogens with one attached hydrogen (secondary N) is 3. The van der Waals surface area contributed by atoms with E-state index >= 15 is 0 Å². The van der Waals surface area contributed by atoms with Crippen LogP contribution in [0.25, 0.3) is 0 Å². The standard InChI is InChI=1S/C16H21N7/c17-5-2-16(3-7-19-8-4-16)23-10-12(9-18)14-13-1-6-20-15(13)22-11-21-14/h1,6,9-10,19-20,22H,2-4,7-8,11,18H2. The zero-order valence-corrected chi connectivity index (χ0v) is 13.0. The Kier molecular flexibility index (Phi) is 4.44. The van der Waals surface area contributed by atoms with Crippen LogP contribution in [0.1, 0.15) is 24.8 Å². The molecular formula is C16H21N7. The third kappa shape index (κ3) is 3.12. The van der Waals surface area contributed by atoms with E-state index in [1.165, 1.54) is 6.20 Å². The maximum absolute atomic E-state index is 9.14. The van der Waals surface area contributed by atoms with Gasteiger partial charge in [0.2, 0.25) is 0 Å². The third-order valence-electron chi connectivity index (χ3n) is 4.37. The Morgan fingerprint density at radius 3 is 3.04 bits per heavy atom. The average Bonchev–Trinajstić information content (AvgIpc) is 3.06. The van der Waals surface area contributed by atoms with Gasteiger partial charge in [0, 0.05) is 29.7 Å². The van der Waals surface area contributed by atoms with Crippen LogP contribution in [0.3, 0.4) is 0 Å². The summed E-state index contributed by atoms with van der Waals surface area (Å²) >= 11 is 0. The topological polar surface area (TPSA) is 114 Å². The number of aliphatic imine (C=N–C) groups is 2. The summed E-state index contributed by atoms with van der Waals surface area (Å²) in [6, 6.07) is 4.24. The van der Waals surface area contributed by atoms with Gasteiger partial charge in [-0.3, -0.25) is 9.98 Å². The molecule has 7 heteroatoms. The van der Waals surface area contributed by atoms with Crippen molar-refractivity contribution in [2.75, 3.05) is 25.1 Å². The molecule has 0 aromatic carbocycles. The molecule has 1 aromatic rings. The molecule has 3 rings (SSSR count). The number of fused-ring (bicyclic) bond motifs is 1. The van der Waals surface area contributed by atoms with Gasteiger partial charge in [-0.2, -0.15) is 5.26 Å². The Morgan fingerprint density at radius 2 is 2.30 bits per heavy atom. The van der Waals surface area contributed by atoms with Crippen LogP contribution in [0.5, 0.6) is 0 Å². The second-order valence-electron chi connectivity index (χ2n) is 5.80. The fourth-order valence-corrected chi connectivity index (χ4v) is 3.02. The lowest BCUT2D eigenvalue weighted by atomic mass is 9.86. The second-order valence-corrected chi connectivity index (χ2v) is 5.80. The highest BCUT2D eigenvalue weighted by atomic mass is 15.1. The average molecular weight is 311 g/mol. The summed E-state index contributed by atoms with van der Waals surface area (Å²) in [5.74, 6) is 0.941. The molecule has 0 bridgehead atoms. The number of rotatable bonds is 4. The summed E-state index contributed by atoms with van der Waals surface area (Å²) in [5, 5.41) is 15.6. The fourth-order valence-electron chi connectivity index (χ4n) is 3.02. The molecule has 0 saturated carbocycles. The lowest BCUT2D eigenvalue weighted by Gasteiger charge is -2.32. The molecule has 23 heavy (non-hydrogen) atoms. The zero-order valence-electron chi connectivity index (χ0n) is 13.0. The summed E-state index contributed by atoms with van der Waals surface area (Å²) in [4.78, 5) is 12.4. The number of nitrogens with zero attached hydrogens (tertiary/aromatic N) is 3. The molecule has 2 aliphatic rings. The Morgan fingerprint density at radius 1 is 1.48 bits per heavy atom. The fraction of sp³-hybridized carbons (Fsp3) is 0.438. The second kappa shape index (κ2) is 6.67. The molecule has 7 nitrogen and oxygen atoms in total. The zero-order chi connectivity index (χ0) is 16.1. The molecular weight excluding hydrogens is 290 g/mol. The van der Waals surface area contributed by atoms with E-state index in [0.29, 0.717) is 13.1 Å². The number of aromatic amines is 1. The number of allylic oxidation sites excluding steroid dienone is 1. The Balaban J connectivity index is 1.85. The van der Waals surface area contributed by atoms with Crippen LogP contribution in [0.2, 0.25) is 0 Å². The van der Waals surface area contributed by atoms with E-state index in [1.807, 2.05) is 12.3 Å². The highest BCUT2D eigenvalue weighted by Gasteiger charge is 2.31. The minimum atomic E-state index is -0.317. The van der Waals surface area contributed by atoms with Gasteiger partial charge in [0.25, 0.3) is 0 Å². The third-order valence-corrected chi connectivity index (χ3v) is 4.37. The monoisotopic (exact) mass is 311 g/mol. The van der Waals surface area contributed by atoms with Crippen LogP contribution in [-0.2, 0) is 0 Å². The molecule has 1 saturated heterocycles. The number of anilines is 1. The van der Waals surface area contributed by atoms with Crippen LogP contribution >= 0.6 is 0 Å². The van der Waals surface area contributed by atoms with Gasteiger partial charge in [0.15, 0.2) is 0 Å². The van der Waals surface area contributed by atoms with Gasteiger partial charge in [-0.25, -0.2) is 0 Å². The first kappa shape index (κ1) is 15.3. The summed E-state index contributed by atoms with van der Waals surface area (Å²) in [6.07, 6.45) is 7.33. The number of hydrogen-bond acceptors (Lipinski definition) is 6. The number of hydrogen-bond donors (Lipinski definition) is 4. The van der Waals surface area contributed by atoms with E-state index in [0.717, 1.165) is 48.6 Å². The lowest BCUT2D eigenvalue weighted by Crippen LogP contribution is -2.40. The van der Waals surface area contributed by atoms with Crippen molar-refractivity contribution in [2.24, 2.45) is 15.7 Å². The summed E-state index contributed by atoms with van der Waals surface area (Å²) in [6.45, 7) is 2.27. The van der Waals surface area contributed by atoms with Crippen LogP contribution in [-0.4, -0.2) is 42.2 Å². The van der Waals surface area contributed by atoms with Crippen molar-refractivity contribution in [3.05, 3.63) is 29.6 Å². The van der Waals surface area contributed by atoms with E-state index in [9.17, 15) is 0 Å². The van der Waals surface area contributed by atoms with Gasteiger partial charge in [-0.15, -0.1) is 0 Å². The van der Waals surface area contributed by atoms with Gasteiger partial charge in [0.05, 0.1) is 23.7 Å². The molecule has 1 aromatic heterocycles. The molecule has 0 radical (unpaired) electrons. The number of H-pyrrole nitrogens is 1. The summed E-state index contributed by atoms with van der Waals surface area (Å²) in [7, 11) is 0. The number of aromatic nitrogens is 1. The van der Waals surface area contributed by atoms with Crippen LogP contribution < -0.4 is 16.4 Å². The Labute approximate surface area is 135 Å². The number of piperidine rings is 1. The van der Waals surface area contributed by atoms with E-state index in [2.05, 4.69) is 26.7 Å². The highest BCUT2D eigenvalue weighted by molar-refractivity contribution is 6.26. The molecule has 120 valence electrons. The van der Waals surface area contributed by atoms with Crippen LogP contribution in [0.4, 0.5) is 5.82 Å². The molecule has 3 heterocycles. The van der Waals surface area contributed by atoms with E-state index < -0.39 is 0 Å². The van der Waals surface area contributed by atoms with Crippen molar-refractivity contribution in [3.63, 3.8) is 0 Å². The number of nitrogens with two attached hydrogens (primary N) is 1. The lowest BCUT2D eigenvalue weighted by molar-refractivity contribution is 0.319. The molecule has 0 spiro atoms. The molecule has 0 atom stereocenters. The van der Waals surface area contributed by atoms with Gasteiger partial charge < -0.3 is 21.4 Å². The van der Waals surface area contributed by atoms with Gasteiger partial charge in [0.1, 0.15) is 12.5 Å². The Hall–Kier alpha value is -2.59. The summed E-state index contributed by atoms with van der Waals surface area (Å²) < 4.78 is 0. The minimum Gasteiger partial charge on any atom is -0.404 e. The SMILES string of the molecule is N#CCC1(N=CC(=CN)C2=NCNc3[nH]ccc32)CCNCC1. The van der Waals surface area contributed by atoms with E-state index in [1.54, 1.807) is 6.21 Å². The van der Waals surface area contributed by atoms with Crippen molar-refractivity contribution >= 4 is 17.7 Å². The molecule has 0 aliphatic carbocycles. The van der Waals surface area contributed by atoms with Gasteiger partial charge in [-0.1, -0.05) is 0 Å². The first-order valence-corrected chi connectivity index (χ1v) is 7.79. The molecule has 1 fully saturated rings. The molecule has 0 amide bonds. The molecule has 5 N–H and O–H groups in total. The van der Waals surface area contributed by atoms with E-state index in [-0.39, 0.29) is 5.54 Å². The normalized spacial score (nSPS) is 20.5. The van der Waals surface area contributed by atoms with Crippen LogP contribution in [0, 0.1) is 11.3 Å². The van der Waals surface area contributed by atoms with Crippen molar-refractivity contribution < 1.29 is 0 Å². The van der Waals surface area contributed by atoms with Crippen molar-refractivity contribution in [1.82, 2.24) is 10.3 Å².